The summed E-state index contributed by atoms with van der Waals surface area (Å²) < 4.78 is 4.96. The Labute approximate surface area is 102 Å². The van der Waals surface area contributed by atoms with Gasteiger partial charge in [-0.3, -0.25) is 9.59 Å². The summed E-state index contributed by atoms with van der Waals surface area (Å²) in [7, 11) is 3.35. The van der Waals surface area contributed by atoms with Gasteiger partial charge in [-0.15, -0.1) is 0 Å². The van der Waals surface area contributed by atoms with E-state index < -0.39 is 23.1 Å². The molecule has 17 heavy (non-hydrogen) atoms. The molecule has 0 aromatic rings. The monoisotopic (exact) mass is 243 g/mol. The number of amides is 1. The Morgan fingerprint density at radius 3 is 2.29 bits per heavy atom. The summed E-state index contributed by atoms with van der Waals surface area (Å²) in [6.45, 7) is 5.05. The smallest absolute Gasteiger partial charge is 0.312 e. The molecule has 0 radical (unpaired) electrons. The van der Waals surface area contributed by atoms with Crippen LogP contribution in [0.15, 0.2) is 0 Å². The first-order valence-electron chi connectivity index (χ1n) is 5.75. The number of cyclic esters (lactones) is 1. The van der Waals surface area contributed by atoms with Crippen LogP contribution in [0.1, 0.15) is 33.6 Å². The van der Waals surface area contributed by atoms with Crippen molar-refractivity contribution in [2.24, 2.45) is 11.3 Å². The van der Waals surface area contributed by atoms with Crippen molar-refractivity contribution < 1.29 is 19.4 Å². The molecule has 2 atom stereocenters. The summed E-state index contributed by atoms with van der Waals surface area (Å²) in [4.78, 5) is 24.7. The first-order valence-corrected chi connectivity index (χ1v) is 5.75. The molecule has 1 aliphatic rings. The molecule has 5 nitrogen and oxygen atoms in total. The lowest BCUT2D eigenvalue weighted by atomic mass is 9.73. The van der Waals surface area contributed by atoms with E-state index in [1.54, 1.807) is 27.9 Å². The molecule has 0 bridgehead atoms. The van der Waals surface area contributed by atoms with Crippen LogP contribution in [0.3, 0.4) is 0 Å². The van der Waals surface area contributed by atoms with E-state index in [1.807, 2.05) is 0 Å². The van der Waals surface area contributed by atoms with E-state index in [2.05, 4.69) is 0 Å². The summed E-state index contributed by atoms with van der Waals surface area (Å²) in [6.07, 6.45) is 0.686. The van der Waals surface area contributed by atoms with Crippen LogP contribution in [0.4, 0.5) is 0 Å². The van der Waals surface area contributed by atoms with Gasteiger partial charge in [0.15, 0.2) is 0 Å². The average molecular weight is 243 g/mol. The van der Waals surface area contributed by atoms with Gasteiger partial charge in [0.05, 0.1) is 5.92 Å². The quantitative estimate of drug-likeness (QED) is 0.743. The lowest BCUT2D eigenvalue weighted by Crippen LogP contribution is -2.41. The van der Waals surface area contributed by atoms with Crippen LogP contribution in [0.25, 0.3) is 0 Å². The van der Waals surface area contributed by atoms with Gasteiger partial charge in [0.2, 0.25) is 11.7 Å². The molecule has 0 aliphatic carbocycles. The van der Waals surface area contributed by atoms with Crippen molar-refractivity contribution in [1.82, 2.24) is 4.90 Å². The Morgan fingerprint density at radius 2 is 1.94 bits per heavy atom. The zero-order valence-corrected chi connectivity index (χ0v) is 11.1. The minimum absolute atomic E-state index is 0.0276. The average Bonchev–Trinajstić information content (AvgIpc) is 2.29. The van der Waals surface area contributed by atoms with E-state index in [4.69, 9.17) is 4.74 Å². The van der Waals surface area contributed by atoms with Gasteiger partial charge in [0.1, 0.15) is 0 Å². The molecule has 1 saturated heterocycles. The molecule has 1 aliphatic heterocycles. The lowest BCUT2D eigenvalue weighted by Gasteiger charge is -2.32. The third-order valence-electron chi connectivity index (χ3n) is 3.80. The molecule has 1 amide bonds. The molecule has 1 rings (SSSR count). The highest BCUT2D eigenvalue weighted by Crippen LogP contribution is 2.47. The first-order chi connectivity index (χ1) is 7.59. The fraction of sp³-hybridized carbons (Fsp3) is 0.833. The molecule has 0 aromatic carbocycles. The Balaban J connectivity index is 2.72. The summed E-state index contributed by atoms with van der Waals surface area (Å²) >= 11 is 0. The molecule has 0 spiro atoms. The highest BCUT2D eigenvalue weighted by molar-refractivity contribution is 5.79. The Bertz CT molecular complexity index is 333. The van der Waals surface area contributed by atoms with E-state index >= 15 is 0 Å². The lowest BCUT2D eigenvalue weighted by molar-refractivity contribution is -0.208. The van der Waals surface area contributed by atoms with Crippen molar-refractivity contribution in [3.63, 3.8) is 0 Å². The third kappa shape index (κ3) is 2.44. The van der Waals surface area contributed by atoms with Gasteiger partial charge in [-0.25, -0.2) is 0 Å². The topological polar surface area (TPSA) is 66.8 Å². The number of ether oxygens (including phenoxy) is 1. The zero-order valence-electron chi connectivity index (χ0n) is 11.1. The van der Waals surface area contributed by atoms with Crippen LogP contribution >= 0.6 is 0 Å². The summed E-state index contributed by atoms with van der Waals surface area (Å²) in [6, 6.07) is 0. The predicted octanol–water partition coefficient (Wildman–Crippen LogP) is 0.762. The van der Waals surface area contributed by atoms with Gasteiger partial charge in [-0.05, 0) is 6.42 Å². The Kier molecular flexibility index (Phi) is 3.52. The van der Waals surface area contributed by atoms with Gasteiger partial charge in [0.25, 0.3) is 0 Å². The molecule has 0 aromatic heterocycles. The fourth-order valence-corrected chi connectivity index (χ4v) is 1.99. The number of hydrogen-bond acceptors (Lipinski definition) is 4. The van der Waals surface area contributed by atoms with Crippen molar-refractivity contribution in [3.05, 3.63) is 0 Å². The second-order valence-electron chi connectivity index (χ2n) is 5.51. The number of carbonyl (C=O) groups is 2. The van der Waals surface area contributed by atoms with Crippen molar-refractivity contribution >= 4 is 11.9 Å². The maximum absolute atomic E-state index is 11.7. The van der Waals surface area contributed by atoms with Crippen LogP contribution in [0.5, 0.6) is 0 Å². The minimum atomic E-state index is -1.46. The van der Waals surface area contributed by atoms with Gasteiger partial charge < -0.3 is 14.7 Å². The SMILES string of the molecule is CN(C)C(=O)CC[C@H]1C(=O)O[C@](C)(O)C1(C)C. The molecule has 0 unspecified atom stereocenters. The van der Waals surface area contributed by atoms with Crippen molar-refractivity contribution in [3.8, 4) is 0 Å². The normalized spacial score (nSPS) is 31.2. The number of nitrogens with zero attached hydrogens (tertiary/aromatic N) is 1. The fourth-order valence-electron chi connectivity index (χ4n) is 1.99. The van der Waals surface area contributed by atoms with Gasteiger partial charge >= 0.3 is 5.97 Å². The van der Waals surface area contributed by atoms with Gasteiger partial charge in [-0.1, -0.05) is 13.8 Å². The van der Waals surface area contributed by atoms with Crippen LogP contribution in [0, 0.1) is 11.3 Å². The number of hydrogen-bond donors (Lipinski definition) is 1. The highest BCUT2D eigenvalue weighted by atomic mass is 16.7. The maximum atomic E-state index is 11.7. The number of esters is 1. The van der Waals surface area contributed by atoms with E-state index in [0.717, 1.165) is 0 Å². The molecule has 1 fully saturated rings. The van der Waals surface area contributed by atoms with Crippen LogP contribution in [0.2, 0.25) is 0 Å². The maximum Gasteiger partial charge on any atom is 0.312 e. The van der Waals surface area contributed by atoms with E-state index in [1.165, 1.54) is 11.8 Å². The van der Waals surface area contributed by atoms with E-state index in [0.29, 0.717) is 6.42 Å². The second kappa shape index (κ2) is 4.29. The molecule has 5 heteroatoms. The predicted molar refractivity (Wildman–Crippen MR) is 61.9 cm³/mol. The summed E-state index contributed by atoms with van der Waals surface area (Å²) in [5.74, 6) is -2.36. The third-order valence-corrected chi connectivity index (χ3v) is 3.80. The van der Waals surface area contributed by atoms with Crippen molar-refractivity contribution in [2.45, 2.75) is 39.4 Å². The molecule has 1 heterocycles. The molecular formula is C12H21NO4. The molecular weight excluding hydrogens is 222 g/mol. The molecule has 0 saturated carbocycles. The Hall–Kier alpha value is -1.10. The van der Waals surface area contributed by atoms with Crippen LogP contribution < -0.4 is 0 Å². The largest absolute Gasteiger partial charge is 0.433 e. The Morgan fingerprint density at radius 1 is 1.41 bits per heavy atom. The zero-order chi connectivity index (χ0) is 13.4. The van der Waals surface area contributed by atoms with Crippen molar-refractivity contribution in [2.75, 3.05) is 14.1 Å². The summed E-state index contributed by atoms with van der Waals surface area (Å²) in [5, 5.41) is 10.00. The molecule has 1 N–H and O–H groups in total. The number of rotatable bonds is 3. The number of aliphatic hydroxyl groups is 1. The summed E-state index contributed by atoms with van der Waals surface area (Å²) in [5.41, 5.74) is -0.684. The van der Waals surface area contributed by atoms with E-state index in [-0.39, 0.29) is 12.3 Å². The minimum Gasteiger partial charge on any atom is -0.433 e. The number of carbonyl (C=O) groups excluding carboxylic acids is 2. The van der Waals surface area contributed by atoms with Gasteiger partial charge in [0, 0.05) is 32.9 Å². The standard InChI is InChI=1S/C12H21NO4/c1-11(2)8(6-7-9(14)13(4)5)10(15)17-12(11,3)16/h8,16H,6-7H2,1-5H3/t8-,12-/m0/s1. The second-order valence-corrected chi connectivity index (χ2v) is 5.51. The van der Waals surface area contributed by atoms with E-state index in [9.17, 15) is 14.7 Å². The first kappa shape index (κ1) is 14.0. The highest BCUT2D eigenvalue weighted by Gasteiger charge is 2.57. The van der Waals surface area contributed by atoms with Crippen LogP contribution in [-0.2, 0) is 14.3 Å². The van der Waals surface area contributed by atoms with Gasteiger partial charge in [-0.2, -0.15) is 0 Å². The molecule has 98 valence electrons. The van der Waals surface area contributed by atoms with Crippen LogP contribution in [-0.4, -0.2) is 41.8 Å². The van der Waals surface area contributed by atoms with Crippen molar-refractivity contribution in [1.29, 1.82) is 0 Å².